The molecule has 1 aromatic carbocycles. The van der Waals surface area contributed by atoms with Crippen molar-refractivity contribution < 1.29 is 28.2 Å². The van der Waals surface area contributed by atoms with Crippen LogP contribution in [0.3, 0.4) is 0 Å². The van der Waals surface area contributed by atoms with Crippen molar-refractivity contribution in [3.8, 4) is 5.75 Å². The molecule has 0 saturated carbocycles. The fraction of sp³-hybridized carbons (Fsp3) is 0.385. The third-order valence-electron chi connectivity index (χ3n) is 2.52. The van der Waals surface area contributed by atoms with E-state index in [2.05, 4.69) is 10.1 Å². The number of alkyl halides is 2. The van der Waals surface area contributed by atoms with Crippen LogP contribution in [0.2, 0.25) is 0 Å². The highest BCUT2D eigenvalue weighted by Crippen LogP contribution is 2.15. The first-order valence-electron chi connectivity index (χ1n) is 6.02. The van der Waals surface area contributed by atoms with Crippen LogP contribution in [0, 0.1) is 0 Å². The first-order chi connectivity index (χ1) is 9.43. The fourth-order valence-corrected chi connectivity index (χ4v) is 1.58. The van der Waals surface area contributed by atoms with Gasteiger partial charge in [0.2, 0.25) is 0 Å². The molecule has 0 heterocycles. The number of nitrogens with one attached hydrogen (secondary N) is 1. The summed E-state index contributed by atoms with van der Waals surface area (Å²) in [6.45, 7) is -1.13. The molecule has 0 fully saturated rings. The zero-order chi connectivity index (χ0) is 15.1. The van der Waals surface area contributed by atoms with Crippen LogP contribution in [-0.2, 0) is 4.79 Å². The summed E-state index contributed by atoms with van der Waals surface area (Å²) in [6, 6.07) is 4.05. The topological polar surface area (TPSA) is 75.6 Å². The summed E-state index contributed by atoms with van der Waals surface area (Å²) in [5, 5.41) is 11.3. The molecule has 0 unspecified atom stereocenters. The Morgan fingerprint density at radius 1 is 1.30 bits per heavy atom. The lowest BCUT2D eigenvalue weighted by atomic mass is 10.1. The molecule has 0 bridgehead atoms. The minimum Gasteiger partial charge on any atom is -0.480 e. The van der Waals surface area contributed by atoms with E-state index in [0.717, 1.165) is 0 Å². The molecular formula is C13H15F2NO4. The number of rotatable bonds is 7. The highest BCUT2D eigenvalue weighted by atomic mass is 19.3. The van der Waals surface area contributed by atoms with Crippen LogP contribution in [0.4, 0.5) is 8.78 Å². The Morgan fingerprint density at radius 2 is 1.90 bits per heavy atom. The summed E-state index contributed by atoms with van der Waals surface area (Å²) in [5.74, 6) is -1.76. The highest BCUT2D eigenvalue weighted by Gasteiger charge is 2.19. The number of carboxylic acids is 1. The second-order valence-electron chi connectivity index (χ2n) is 4.06. The third-order valence-corrected chi connectivity index (χ3v) is 2.52. The van der Waals surface area contributed by atoms with Crippen LogP contribution in [-0.4, -0.2) is 29.6 Å². The monoisotopic (exact) mass is 287 g/mol. The number of carbonyl (C=O) groups excluding carboxylic acids is 1. The second-order valence-corrected chi connectivity index (χ2v) is 4.06. The molecule has 0 aliphatic rings. The molecule has 5 nitrogen and oxygen atoms in total. The van der Waals surface area contributed by atoms with Crippen molar-refractivity contribution in [3.05, 3.63) is 29.8 Å². The Labute approximate surface area is 114 Å². The van der Waals surface area contributed by atoms with E-state index in [0.29, 0.717) is 12.8 Å². The predicted molar refractivity (Wildman–Crippen MR) is 66.9 cm³/mol. The van der Waals surface area contributed by atoms with Gasteiger partial charge in [-0.2, -0.15) is 8.78 Å². The van der Waals surface area contributed by atoms with Crippen LogP contribution in [0.5, 0.6) is 5.75 Å². The maximum atomic E-state index is 12.0. The summed E-state index contributed by atoms with van der Waals surface area (Å²) >= 11 is 0. The standard InChI is InChI=1S/C13H15F2NO4/c1-2-3-10(12(18)19)16-11(17)8-4-6-9(7-5-8)20-13(14)15/h4-7,10,13H,2-3H2,1H3,(H,16,17)(H,18,19)/t10-/m1/s1. The van der Waals surface area contributed by atoms with Gasteiger partial charge in [0, 0.05) is 5.56 Å². The van der Waals surface area contributed by atoms with Crippen LogP contribution in [0.15, 0.2) is 24.3 Å². The van der Waals surface area contributed by atoms with E-state index in [9.17, 15) is 18.4 Å². The average molecular weight is 287 g/mol. The second kappa shape index (κ2) is 7.42. The molecule has 2 N–H and O–H groups in total. The van der Waals surface area contributed by atoms with Gasteiger partial charge in [-0.3, -0.25) is 4.79 Å². The van der Waals surface area contributed by atoms with Crippen LogP contribution in [0.1, 0.15) is 30.1 Å². The molecule has 1 amide bonds. The fourth-order valence-electron chi connectivity index (χ4n) is 1.58. The Balaban J connectivity index is 2.69. The van der Waals surface area contributed by atoms with Crippen LogP contribution < -0.4 is 10.1 Å². The Morgan fingerprint density at radius 3 is 2.35 bits per heavy atom. The van der Waals surface area contributed by atoms with Gasteiger partial charge in [-0.05, 0) is 30.7 Å². The zero-order valence-corrected chi connectivity index (χ0v) is 10.8. The summed E-state index contributed by atoms with van der Waals surface area (Å²) in [6.07, 6.45) is 0.923. The predicted octanol–water partition coefficient (Wildman–Crippen LogP) is 2.27. The summed E-state index contributed by atoms with van der Waals surface area (Å²) in [4.78, 5) is 22.7. The third kappa shape index (κ3) is 4.83. The van der Waals surface area contributed by atoms with Gasteiger partial charge >= 0.3 is 12.6 Å². The van der Waals surface area contributed by atoms with E-state index in [1.807, 2.05) is 0 Å². The number of hydrogen-bond acceptors (Lipinski definition) is 3. The Bertz CT molecular complexity index is 462. The molecule has 110 valence electrons. The number of halogens is 2. The van der Waals surface area contributed by atoms with E-state index in [-0.39, 0.29) is 11.3 Å². The molecule has 0 spiro atoms. The van der Waals surface area contributed by atoms with Gasteiger partial charge in [0.1, 0.15) is 11.8 Å². The number of carboxylic acid groups (broad SMARTS) is 1. The smallest absolute Gasteiger partial charge is 0.387 e. The van der Waals surface area contributed by atoms with Crippen LogP contribution >= 0.6 is 0 Å². The number of aliphatic carboxylic acids is 1. The molecule has 1 rings (SSSR count). The van der Waals surface area contributed by atoms with Crippen molar-refractivity contribution in [2.75, 3.05) is 0 Å². The molecule has 20 heavy (non-hydrogen) atoms. The molecule has 0 saturated heterocycles. The van der Waals surface area contributed by atoms with Crippen molar-refractivity contribution in [2.45, 2.75) is 32.4 Å². The van der Waals surface area contributed by atoms with E-state index >= 15 is 0 Å². The normalized spacial score (nSPS) is 12.0. The summed E-state index contributed by atoms with van der Waals surface area (Å²) < 4.78 is 28.1. The van der Waals surface area contributed by atoms with E-state index in [4.69, 9.17) is 5.11 Å². The Hall–Kier alpha value is -2.18. The maximum absolute atomic E-state index is 12.0. The van der Waals surface area contributed by atoms with Gasteiger partial charge < -0.3 is 15.2 Å². The van der Waals surface area contributed by atoms with E-state index in [1.165, 1.54) is 24.3 Å². The van der Waals surface area contributed by atoms with E-state index < -0.39 is 24.5 Å². The first kappa shape index (κ1) is 15.9. The molecule has 0 aliphatic heterocycles. The largest absolute Gasteiger partial charge is 0.480 e. The Kier molecular flexibility index (Phi) is 5.89. The van der Waals surface area contributed by atoms with Gasteiger partial charge in [0.15, 0.2) is 0 Å². The number of ether oxygens (including phenoxy) is 1. The lowest BCUT2D eigenvalue weighted by Crippen LogP contribution is -2.40. The zero-order valence-electron chi connectivity index (χ0n) is 10.8. The molecule has 1 atom stereocenters. The number of hydrogen-bond donors (Lipinski definition) is 2. The number of benzene rings is 1. The van der Waals surface area contributed by atoms with Crippen molar-refractivity contribution in [1.29, 1.82) is 0 Å². The van der Waals surface area contributed by atoms with Crippen molar-refractivity contribution in [3.63, 3.8) is 0 Å². The summed E-state index contributed by atoms with van der Waals surface area (Å²) in [5.41, 5.74) is 0.175. The highest BCUT2D eigenvalue weighted by molar-refractivity contribution is 5.96. The van der Waals surface area contributed by atoms with Gasteiger partial charge in [0.05, 0.1) is 0 Å². The SMILES string of the molecule is CCC[C@@H](NC(=O)c1ccc(OC(F)F)cc1)C(=O)O. The van der Waals surface area contributed by atoms with Gasteiger partial charge in [-0.1, -0.05) is 13.3 Å². The maximum Gasteiger partial charge on any atom is 0.387 e. The van der Waals surface area contributed by atoms with Crippen LogP contribution in [0.25, 0.3) is 0 Å². The minimum absolute atomic E-state index is 0.0695. The van der Waals surface area contributed by atoms with Crippen molar-refractivity contribution in [1.82, 2.24) is 5.32 Å². The molecule has 0 aliphatic carbocycles. The lowest BCUT2D eigenvalue weighted by Gasteiger charge is -2.13. The number of amides is 1. The van der Waals surface area contributed by atoms with E-state index in [1.54, 1.807) is 6.92 Å². The van der Waals surface area contributed by atoms with Gasteiger partial charge in [0.25, 0.3) is 5.91 Å². The average Bonchev–Trinajstić information content (AvgIpc) is 2.38. The number of carbonyl (C=O) groups is 2. The first-order valence-corrected chi connectivity index (χ1v) is 6.02. The van der Waals surface area contributed by atoms with Crippen molar-refractivity contribution in [2.24, 2.45) is 0 Å². The van der Waals surface area contributed by atoms with Crippen molar-refractivity contribution >= 4 is 11.9 Å². The lowest BCUT2D eigenvalue weighted by molar-refractivity contribution is -0.139. The minimum atomic E-state index is -2.93. The molecule has 0 aromatic heterocycles. The molecule has 1 aromatic rings. The summed E-state index contributed by atoms with van der Waals surface area (Å²) in [7, 11) is 0. The van der Waals surface area contributed by atoms with Gasteiger partial charge in [-0.15, -0.1) is 0 Å². The quantitative estimate of drug-likeness (QED) is 0.806. The molecule has 7 heteroatoms. The van der Waals surface area contributed by atoms with Gasteiger partial charge in [-0.25, -0.2) is 4.79 Å². The molecular weight excluding hydrogens is 272 g/mol. The molecule has 0 radical (unpaired) electrons.